The van der Waals surface area contributed by atoms with E-state index in [2.05, 4.69) is 42.5 Å². The maximum absolute atomic E-state index is 13.1. The summed E-state index contributed by atoms with van der Waals surface area (Å²) >= 11 is 6.82. The molecule has 15 nitrogen and oxygen atoms in total. The maximum Gasteiger partial charge on any atom is 0.331 e. The van der Waals surface area contributed by atoms with Crippen molar-refractivity contribution >= 4 is 68.8 Å². The van der Waals surface area contributed by atoms with Crippen LogP contribution in [0, 0.1) is 0 Å². The van der Waals surface area contributed by atoms with Gasteiger partial charge in [-0.3, -0.25) is 14.4 Å². The van der Waals surface area contributed by atoms with Crippen molar-refractivity contribution in [3.63, 3.8) is 0 Å². The minimum absolute atomic E-state index is 0.00295. The quantitative estimate of drug-likeness (QED) is 0.0784. The van der Waals surface area contributed by atoms with Gasteiger partial charge < -0.3 is 45.5 Å². The normalized spacial score (nSPS) is 27.1. The zero-order valence-corrected chi connectivity index (χ0v) is 37.8. The van der Waals surface area contributed by atoms with Crippen LogP contribution in [0.15, 0.2) is 39.7 Å². The van der Waals surface area contributed by atoms with Gasteiger partial charge in [0.05, 0.1) is 62.2 Å². The first-order valence-electron chi connectivity index (χ1n) is 20.5. The maximum atomic E-state index is 13.1. The Morgan fingerprint density at radius 3 is 2.49 bits per heavy atom. The van der Waals surface area contributed by atoms with Crippen molar-refractivity contribution in [1.82, 2.24) is 31.6 Å². The SMILES string of the molecule is C/C(Br)=C\C1Cc2nc(cs2)[C@@H](C)CC(NCC(=O)NCCOCCOCCNC(=O)CCCCC2SC[C@@H]3NC(=O)N[C@H]23)CC(=O)OC(C)C/C(C)=C/C=C\C(=O)O1. The van der Waals surface area contributed by atoms with Crippen LogP contribution in [0.3, 0.4) is 0 Å². The second-order valence-corrected chi connectivity index (χ2v) is 18.7. The minimum Gasteiger partial charge on any atom is -0.462 e. The molecule has 2 saturated heterocycles. The van der Waals surface area contributed by atoms with Crippen molar-refractivity contribution < 1.29 is 42.9 Å². The predicted octanol–water partition coefficient (Wildman–Crippen LogP) is 4.57. The number of hydrogen-bond donors (Lipinski definition) is 5. The van der Waals surface area contributed by atoms with Crippen molar-refractivity contribution in [3.8, 4) is 0 Å². The Balaban J connectivity index is 1.11. The molecule has 0 aromatic carbocycles. The van der Waals surface area contributed by atoms with E-state index < -0.39 is 12.1 Å². The molecule has 4 unspecified atom stereocenters. The zero-order chi connectivity index (χ0) is 42.6. The van der Waals surface area contributed by atoms with Gasteiger partial charge >= 0.3 is 18.0 Å². The lowest BCUT2D eigenvalue weighted by molar-refractivity contribution is -0.149. The first kappa shape index (κ1) is 48.4. The molecule has 3 aliphatic heterocycles. The van der Waals surface area contributed by atoms with Crippen molar-refractivity contribution in [2.24, 2.45) is 0 Å². The smallest absolute Gasteiger partial charge is 0.331 e. The van der Waals surface area contributed by atoms with Crippen LogP contribution in [-0.4, -0.2) is 122 Å². The summed E-state index contributed by atoms with van der Waals surface area (Å²) in [5.74, 6) is -0.155. The van der Waals surface area contributed by atoms with E-state index in [1.165, 1.54) is 17.4 Å². The molecule has 1 aromatic heterocycles. The average Bonchev–Trinajstić information content (AvgIpc) is 3.88. The van der Waals surface area contributed by atoms with E-state index in [1.54, 1.807) is 12.2 Å². The molecule has 3 aliphatic rings. The summed E-state index contributed by atoms with van der Waals surface area (Å²) in [7, 11) is 0. The molecular formula is C41H61BrN6O9S2. The average molecular weight is 926 g/mol. The highest BCUT2D eigenvalue weighted by Gasteiger charge is 2.42. The molecule has 59 heavy (non-hydrogen) atoms. The number of amides is 4. The lowest BCUT2D eigenvalue weighted by Gasteiger charge is -2.22. The molecule has 0 radical (unpaired) electrons. The monoisotopic (exact) mass is 924 g/mol. The number of urea groups is 1. The van der Waals surface area contributed by atoms with Gasteiger partial charge in [-0.05, 0) is 50.6 Å². The Hall–Kier alpha value is -3.29. The molecule has 18 heteroatoms. The Kier molecular flexibility index (Phi) is 21.4. The number of unbranched alkanes of at least 4 members (excludes halogenated alkanes) is 1. The Labute approximate surface area is 364 Å². The Morgan fingerprint density at radius 2 is 1.75 bits per heavy atom. The second-order valence-electron chi connectivity index (χ2n) is 15.2. The van der Waals surface area contributed by atoms with Crippen LogP contribution in [0.2, 0.25) is 0 Å². The van der Waals surface area contributed by atoms with Crippen LogP contribution in [-0.2, 0) is 44.5 Å². The van der Waals surface area contributed by atoms with Crippen molar-refractivity contribution in [2.75, 3.05) is 51.8 Å². The van der Waals surface area contributed by atoms with Gasteiger partial charge in [0.2, 0.25) is 11.8 Å². The first-order chi connectivity index (χ1) is 28.3. The summed E-state index contributed by atoms with van der Waals surface area (Å²) in [5, 5.41) is 18.1. The van der Waals surface area contributed by atoms with Gasteiger partial charge in [0.15, 0.2) is 0 Å². The highest BCUT2D eigenvalue weighted by molar-refractivity contribution is 9.11. The van der Waals surface area contributed by atoms with Gasteiger partial charge in [-0.25, -0.2) is 14.6 Å². The largest absolute Gasteiger partial charge is 0.462 e. The molecule has 0 spiro atoms. The molecule has 4 heterocycles. The third kappa shape index (κ3) is 18.9. The lowest BCUT2D eigenvalue weighted by atomic mass is 9.97. The van der Waals surface area contributed by atoms with Crippen molar-refractivity contribution in [1.29, 1.82) is 0 Å². The number of thioether (sulfide) groups is 1. The number of halogens is 1. The van der Waals surface area contributed by atoms with Gasteiger partial charge in [-0.1, -0.05) is 47.0 Å². The number of nitrogens with zero attached hydrogens (tertiary/aromatic N) is 1. The zero-order valence-electron chi connectivity index (χ0n) is 34.6. The van der Waals surface area contributed by atoms with Crippen LogP contribution < -0.4 is 26.6 Å². The molecule has 2 bridgehead atoms. The number of esters is 2. The van der Waals surface area contributed by atoms with E-state index in [4.69, 9.17) is 23.9 Å². The van der Waals surface area contributed by atoms with Crippen LogP contribution in [0.1, 0.15) is 89.3 Å². The molecule has 7 atom stereocenters. The van der Waals surface area contributed by atoms with E-state index in [9.17, 15) is 24.0 Å². The fourth-order valence-electron chi connectivity index (χ4n) is 7.02. The number of carbonyl (C=O) groups is 5. The number of thiazole rings is 1. The van der Waals surface area contributed by atoms with E-state index in [1.807, 2.05) is 50.9 Å². The van der Waals surface area contributed by atoms with Gasteiger partial charge in [-0.15, -0.1) is 11.3 Å². The Bertz CT molecular complexity index is 1640. The molecule has 4 amide bonds. The number of cyclic esters (lactones) is 2. The van der Waals surface area contributed by atoms with Crippen LogP contribution >= 0.6 is 39.0 Å². The number of nitrogens with one attached hydrogen (secondary N) is 5. The molecule has 5 N–H and O–H groups in total. The van der Waals surface area contributed by atoms with Gasteiger partial charge in [-0.2, -0.15) is 11.8 Å². The van der Waals surface area contributed by atoms with Gasteiger partial charge in [0.1, 0.15) is 12.2 Å². The van der Waals surface area contributed by atoms with Crippen LogP contribution in [0.5, 0.6) is 0 Å². The molecule has 1 aromatic rings. The van der Waals surface area contributed by atoms with Gasteiger partial charge in [0, 0.05) is 66.8 Å². The van der Waals surface area contributed by atoms with Crippen molar-refractivity contribution in [3.05, 3.63) is 50.4 Å². The Morgan fingerprint density at radius 1 is 1.00 bits per heavy atom. The number of rotatable bonds is 18. The number of aromatic nitrogens is 1. The standard InChI is InChI=1S/C41H61BrN6O9S2/c1-26-8-7-11-38(51)57-31(20-28(3)42)22-37-46-32(24-59-37)27(2)19-30(21-39(52)56-29(4)18-26)45-23-36(50)44-13-15-55-17-16-54-14-12-43-35(49)10-6-5-9-34-40-33(25-58-34)47-41(53)48-40/h7-8,11,20,24,27,29-31,33-34,40,45H,5-6,9-10,12-19,21-23,25H2,1-4H3,(H,43,49)(H,44,50)(H2,47,48,53)/b11-7-,26-8+,28-20+/t27-,29?,30?,31?,33-,34?,40-/m0/s1. The number of ether oxygens (including phenoxy) is 4. The fourth-order valence-corrected chi connectivity index (χ4v) is 9.82. The number of carbonyl (C=O) groups excluding carboxylic acids is 5. The first-order valence-corrected chi connectivity index (χ1v) is 23.2. The van der Waals surface area contributed by atoms with Gasteiger partial charge in [0.25, 0.3) is 0 Å². The summed E-state index contributed by atoms with van der Waals surface area (Å²) in [5.41, 5.74) is 1.79. The molecule has 0 saturated carbocycles. The van der Waals surface area contributed by atoms with E-state index in [0.717, 1.165) is 45.8 Å². The summed E-state index contributed by atoms with van der Waals surface area (Å²) in [6, 6.07) is -0.0133. The molecule has 0 aliphatic carbocycles. The fraction of sp³-hybridized carbons (Fsp3) is 0.659. The predicted molar refractivity (Wildman–Crippen MR) is 233 cm³/mol. The van der Waals surface area contributed by atoms with E-state index >= 15 is 0 Å². The highest BCUT2D eigenvalue weighted by atomic mass is 79.9. The number of allylic oxidation sites excluding steroid dienone is 3. The third-order valence-corrected chi connectivity index (χ3v) is 12.5. The summed E-state index contributed by atoms with van der Waals surface area (Å²) in [4.78, 5) is 66.9. The number of fused-ring (bicyclic) bond motifs is 3. The third-order valence-electron chi connectivity index (χ3n) is 9.88. The highest BCUT2D eigenvalue weighted by Crippen LogP contribution is 2.33. The van der Waals surface area contributed by atoms with E-state index in [-0.39, 0.29) is 66.9 Å². The van der Waals surface area contributed by atoms with Crippen LogP contribution in [0.4, 0.5) is 4.79 Å². The lowest BCUT2D eigenvalue weighted by Crippen LogP contribution is -2.42. The molecule has 2 fully saturated rings. The molecular weight excluding hydrogens is 865 g/mol. The second kappa shape index (κ2) is 26.1. The summed E-state index contributed by atoms with van der Waals surface area (Å²) in [6.45, 7) is 9.78. The van der Waals surface area contributed by atoms with E-state index in [0.29, 0.717) is 70.5 Å². The summed E-state index contributed by atoms with van der Waals surface area (Å²) < 4.78 is 23.4. The molecule has 328 valence electrons. The minimum atomic E-state index is -0.503. The number of hydrogen-bond acceptors (Lipinski definition) is 13. The molecule has 4 rings (SSSR count). The topological polar surface area (TPSA) is 195 Å². The summed E-state index contributed by atoms with van der Waals surface area (Å²) in [6.07, 6.45) is 10.5. The van der Waals surface area contributed by atoms with Crippen LogP contribution in [0.25, 0.3) is 0 Å². The van der Waals surface area contributed by atoms with Crippen molar-refractivity contribution in [2.45, 2.75) is 121 Å².